The van der Waals surface area contributed by atoms with Gasteiger partial charge in [-0.05, 0) is 44.0 Å². The number of amides is 3. The first-order valence-corrected chi connectivity index (χ1v) is 9.52. The highest BCUT2D eigenvalue weighted by molar-refractivity contribution is 6.25. The molecule has 0 aliphatic carbocycles. The smallest absolute Gasteiger partial charge is 0.261 e. The van der Waals surface area contributed by atoms with Crippen molar-refractivity contribution >= 4 is 28.5 Å². The fourth-order valence-corrected chi connectivity index (χ4v) is 3.57. The van der Waals surface area contributed by atoms with Gasteiger partial charge in [0.1, 0.15) is 0 Å². The molecule has 7 nitrogen and oxygen atoms in total. The zero-order valence-corrected chi connectivity index (χ0v) is 16.0. The third-order valence-electron chi connectivity index (χ3n) is 5.12. The first kappa shape index (κ1) is 20.0. The molecule has 0 bridgehead atoms. The van der Waals surface area contributed by atoms with Crippen LogP contribution in [0.2, 0.25) is 0 Å². The molecule has 3 amide bonds. The van der Waals surface area contributed by atoms with Gasteiger partial charge < -0.3 is 4.90 Å². The Morgan fingerprint density at radius 1 is 1.00 bits per heavy atom. The van der Waals surface area contributed by atoms with Gasteiger partial charge in [-0.3, -0.25) is 24.5 Å². The molecule has 2 N–H and O–H groups in total. The molecule has 0 saturated carbocycles. The average Bonchev–Trinajstić information content (AvgIpc) is 2.71. The van der Waals surface area contributed by atoms with Crippen molar-refractivity contribution in [2.45, 2.75) is 25.7 Å². The van der Waals surface area contributed by atoms with Gasteiger partial charge in [0.15, 0.2) is 0 Å². The Kier molecular flexibility index (Phi) is 6.38. The third-order valence-corrected chi connectivity index (χ3v) is 5.12. The second kappa shape index (κ2) is 8.95. The van der Waals surface area contributed by atoms with Crippen LogP contribution >= 0.6 is 0 Å². The van der Waals surface area contributed by atoms with Crippen LogP contribution in [-0.2, 0) is 4.79 Å². The van der Waals surface area contributed by atoms with Gasteiger partial charge in [-0.25, -0.2) is 5.48 Å². The number of carbonyl (C=O) groups excluding carboxylic acids is 3. The minimum absolute atomic E-state index is 0.221. The number of benzene rings is 2. The Labute approximate surface area is 163 Å². The molecule has 1 heterocycles. The van der Waals surface area contributed by atoms with Crippen LogP contribution in [0.4, 0.5) is 0 Å². The van der Waals surface area contributed by atoms with E-state index >= 15 is 0 Å². The van der Waals surface area contributed by atoms with E-state index in [-0.39, 0.29) is 18.2 Å². The molecule has 0 radical (unpaired) electrons. The molecule has 1 aliphatic heterocycles. The molecule has 3 rings (SSSR count). The number of nitrogens with zero attached hydrogens (tertiary/aromatic N) is 2. The van der Waals surface area contributed by atoms with Crippen molar-refractivity contribution < 1.29 is 19.6 Å². The number of hydrogen-bond acceptors (Lipinski definition) is 5. The standard InChI is InChI=1S/C21H25N3O4/c1-23(14-11-18(25)22-28)12-3-2-4-13-24-20(26)16-9-5-7-15-8-6-10-17(19(15)16)21(24)27/h5-10,28H,2-4,11-14H2,1H3,(H,22,25). The highest BCUT2D eigenvalue weighted by Gasteiger charge is 2.31. The van der Waals surface area contributed by atoms with Crippen molar-refractivity contribution in [1.29, 1.82) is 0 Å². The summed E-state index contributed by atoms with van der Waals surface area (Å²) in [7, 11) is 1.92. The van der Waals surface area contributed by atoms with Crippen LogP contribution < -0.4 is 5.48 Å². The van der Waals surface area contributed by atoms with Gasteiger partial charge in [-0.15, -0.1) is 0 Å². The molecule has 0 spiro atoms. The lowest BCUT2D eigenvalue weighted by Crippen LogP contribution is -2.40. The van der Waals surface area contributed by atoms with Gasteiger partial charge >= 0.3 is 0 Å². The van der Waals surface area contributed by atoms with Crippen molar-refractivity contribution in [3.05, 3.63) is 47.5 Å². The van der Waals surface area contributed by atoms with Gasteiger partial charge in [-0.1, -0.05) is 30.7 Å². The molecule has 28 heavy (non-hydrogen) atoms. The van der Waals surface area contributed by atoms with Gasteiger partial charge in [-0.2, -0.15) is 0 Å². The van der Waals surface area contributed by atoms with E-state index in [1.165, 1.54) is 4.90 Å². The fourth-order valence-electron chi connectivity index (χ4n) is 3.57. The Morgan fingerprint density at radius 2 is 1.64 bits per heavy atom. The third kappa shape index (κ3) is 4.21. The molecule has 1 aliphatic rings. The zero-order chi connectivity index (χ0) is 20.1. The summed E-state index contributed by atoms with van der Waals surface area (Å²) in [6.07, 6.45) is 2.76. The van der Waals surface area contributed by atoms with Crippen LogP contribution in [0, 0.1) is 0 Å². The molecule has 148 valence electrons. The van der Waals surface area contributed by atoms with E-state index in [4.69, 9.17) is 5.21 Å². The average molecular weight is 383 g/mol. The Bertz CT molecular complexity index is 846. The van der Waals surface area contributed by atoms with Gasteiger partial charge in [0.05, 0.1) is 0 Å². The van der Waals surface area contributed by atoms with Crippen molar-refractivity contribution in [3.63, 3.8) is 0 Å². The van der Waals surface area contributed by atoms with Crippen LogP contribution in [-0.4, -0.2) is 59.4 Å². The number of unbranched alkanes of at least 4 members (excludes halogenated alkanes) is 2. The quantitative estimate of drug-likeness (QED) is 0.300. The van der Waals surface area contributed by atoms with E-state index in [2.05, 4.69) is 0 Å². The van der Waals surface area contributed by atoms with E-state index < -0.39 is 5.91 Å². The number of carbonyl (C=O) groups is 3. The van der Waals surface area contributed by atoms with Gasteiger partial charge in [0, 0.05) is 36.0 Å². The van der Waals surface area contributed by atoms with Crippen molar-refractivity contribution in [2.24, 2.45) is 0 Å². The molecule has 7 heteroatoms. The Hall–Kier alpha value is -2.77. The van der Waals surface area contributed by atoms with Crippen LogP contribution in [0.5, 0.6) is 0 Å². The molecule has 2 aromatic carbocycles. The molecule has 0 saturated heterocycles. The lowest BCUT2D eigenvalue weighted by molar-refractivity contribution is -0.129. The maximum absolute atomic E-state index is 12.8. The second-order valence-corrected chi connectivity index (χ2v) is 7.12. The Morgan fingerprint density at radius 3 is 2.25 bits per heavy atom. The maximum atomic E-state index is 12.8. The number of nitrogens with one attached hydrogen (secondary N) is 1. The number of rotatable bonds is 9. The summed E-state index contributed by atoms with van der Waals surface area (Å²) in [4.78, 5) is 40.0. The maximum Gasteiger partial charge on any atom is 0.261 e. The van der Waals surface area contributed by atoms with E-state index in [1.807, 2.05) is 36.2 Å². The Balaban J connectivity index is 1.52. The molecular formula is C21H25N3O4. The van der Waals surface area contributed by atoms with Crippen molar-refractivity contribution in [3.8, 4) is 0 Å². The van der Waals surface area contributed by atoms with Crippen molar-refractivity contribution in [1.82, 2.24) is 15.3 Å². The van der Waals surface area contributed by atoms with Crippen LogP contribution in [0.1, 0.15) is 46.4 Å². The lowest BCUT2D eigenvalue weighted by atomic mass is 9.94. The molecule has 0 fully saturated rings. The number of hydrogen-bond donors (Lipinski definition) is 2. The van der Waals surface area contributed by atoms with Gasteiger partial charge in [0.25, 0.3) is 11.8 Å². The predicted molar refractivity (Wildman–Crippen MR) is 105 cm³/mol. The van der Waals surface area contributed by atoms with Crippen LogP contribution in [0.25, 0.3) is 10.8 Å². The molecule has 0 aromatic heterocycles. The normalized spacial score (nSPS) is 13.5. The predicted octanol–water partition coefficient (Wildman–Crippen LogP) is 2.43. The topological polar surface area (TPSA) is 90.0 Å². The summed E-state index contributed by atoms with van der Waals surface area (Å²) in [6.45, 7) is 1.78. The fraction of sp³-hybridized carbons (Fsp3) is 0.381. The summed E-state index contributed by atoms with van der Waals surface area (Å²) >= 11 is 0. The minimum Gasteiger partial charge on any atom is -0.306 e. The summed E-state index contributed by atoms with van der Waals surface area (Å²) in [5, 5.41) is 10.2. The van der Waals surface area contributed by atoms with E-state index in [0.29, 0.717) is 24.2 Å². The van der Waals surface area contributed by atoms with E-state index in [9.17, 15) is 14.4 Å². The monoisotopic (exact) mass is 383 g/mol. The van der Waals surface area contributed by atoms with E-state index in [1.54, 1.807) is 17.6 Å². The molecular weight excluding hydrogens is 358 g/mol. The van der Waals surface area contributed by atoms with Crippen molar-refractivity contribution in [2.75, 3.05) is 26.7 Å². The lowest BCUT2D eigenvalue weighted by Gasteiger charge is -2.27. The summed E-state index contributed by atoms with van der Waals surface area (Å²) in [6, 6.07) is 11.1. The largest absolute Gasteiger partial charge is 0.306 e. The van der Waals surface area contributed by atoms with E-state index in [0.717, 1.165) is 36.6 Å². The SMILES string of the molecule is CN(CCCCCN1C(=O)c2cccc3cccc(c23)C1=O)CCC(=O)NO. The summed E-state index contributed by atoms with van der Waals surface area (Å²) in [5.74, 6) is -0.841. The first-order valence-electron chi connectivity index (χ1n) is 9.52. The second-order valence-electron chi connectivity index (χ2n) is 7.12. The first-order chi connectivity index (χ1) is 13.5. The van der Waals surface area contributed by atoms with Crippen LogP contribution in [0.15, 0.2) is 36.4 Å². The number of hydroxylamine groups is 1. The summed E-state index contributed by atoms with van der Waals surface area (Å²) < 4.78 is 0. The molecule has 0 unspecified atom stereocenters. The zero-order valence-electron chi connectivity index (χ0n) is 16.0. The number of imide groups is 1. The minimum atomic E-state index is -0.399. The molecule has 0 atom stereocenters. The van der Waals surface area contributed by atoms with Gasteiger partial charge in [0.2, 0.25) is 5.91 Å². The van der Waals surface area contributed by atoms with Crippen LogP contribution in [0.3, 0.4) is 0 Å². The summed E-state index contributed by atoms with van der Waals surface area (Å²) in [5.41, 5.74) is 2.81. The highest BCUT2D eigenvalue weighted by Crippen LogP contribution is 2.30. The highest BCUT2D eigenvalue weighted by atomic mass is 16.5. The molecule has 2 aromatic rings.